The highest BCUT2D eigenvalue weighted by Crippen LogP contribution is 2.44. The molecule has 0 spiro atoms. The van der Waals surface area contributed by atoms with Crippen molar-refractivity contribution in [2.45, 2.75) is 24.8 Å². The number of Topliss-reactive ketones (excluding diaryl/α,β-unsaturated/α-hetero) is 1. The normalized spacial score (nSPS) is 22.0. The van der Waals surface area contributed by atoms with Gasteiger partial charge in [-0.3, -0.25) is 4.79 Å². The zero-order valence-electron chi connectivity index (χ0n) is 13.7. The molecule has 1 aliphatic heterocycles. The predicted molar refractivity (Wildman–Crippen MR) is 90.9 cm³/mol. The third-order valence-corrected chi connectivity index (χ3v) is 5.01. The predicted octanol–water partition coefficient (Wildman–Crippen LogP) is 3.43. The summed E-state index contributed by atoms with van der Waals surface area (Å²) in [5.41, 5.74) is 1.73. The average Bonchev–Trinajstić information content (AvgIpc) is 3.32. The van der Waals surface area contributed by atoms with E-state index in [9.17, 15) is 9.18 Å². The van der Waals surface area contributed by atoms with E-state index in [-0.39, 0.29) is 17.5 Å². The number of anilines is 1. The molecule has 1 aromatic carbocycles. The molecule has 7 heteroatoms. The van der Waals surface area contributed by atoms with Crippen molar-refractivity contribution >= 4 is 11.7 Å². The van der Waals surface area contributed by atoms with Crippen molar-refractivity contribution in [3.05, 3.63) is 77.4 Å². The fraction of sp³-hybridized carbons (Fsp3) is 0.211. The fourth-order valence-corrected chi connectivity index (χ4v) is 3.86. The second kappa shape index (κ2) is 5.66. The Labute approximate surface area is 148 Å². The van der Waals surface area contributed by atoms with Gasteiger partial charge in [0.05, 0.1) is 6.26 Å². The van der Waals surface area contributed by atoms with Gasteiger partial charge >= 0.3 is 0 Å². The molecule has 0 radical (unpaired) electrons. The molecule has 26 heavy (non-hydrogen) atoms. The molecule has 130 valence electrons. The van der Waals surface area contributed by atoms with Crippen LogP contribution >= 0.6 is 0 Å². The maximum Gasteiger partial charge on any atom is 0.226 e. The zero-order chi connectivity index (χ0) is 17.7. The second-order valence-corrected chi connectivity index (χ2v) is 6.51. The van der Waals surface area contributed by atoms with E-state index in [4.69, 9.17) is 4.42 Å². The minimum atomic E-state index is -0.616. The lowest BCUT2D eigenvalue weighted by atomic mass is 9.79. The smallest absolute Gasteiger partial charge is 0.226 e. The van der Waals surface area contributed by atoms with Gasteiger partial charge in [0.25, 0.3) is 0 Å². The van der Waals surface area contributed by atoms with Gasteiger partial charge in [-0.1, -0.05) is 18.2 Å². The summed E-state index contributed by atoms with van der Waals surface area (Å²) in [6, 6.07) is 9.55. The molecule has 3 aromatic rings. The summed E-state index contributed by atoms with van der Waals surface area (Å²) < 4.78 is 21.6. The standard InChI is InChI=1S/C19H15FN4O2/c20-13-5-2-1-4-12(13)18-17-14(23-19-21-10-22-24(18)19)8-11(9-15(17)25)16-6-3-7-26-16/h1-7,10-11,18H,8-9H2,(H,21,22,23)/t11-,18+/m1/s1. The third-order valence-electron chi connectivity index (χ3n) is 5.01. The second-order valence-electron chi connectivity index (χ2n) is 6.51. The molecule has 0 fully saturated rings. The molecule has 1 aliphatic carbocycles. The summed E-state index contributed by atoms with van der Waals surface area (Å²) >= 11 is 0. The van der Waals surface area contributed by atoms with Gasteiger partial charge in [0.2, 0.25) is 5.95 Å². The molecule has 5 rings (SSSR count). The van der Waals surface area contributed by atoms with E-state index < -0.39 is 6.04 Å². The molecule has 0 amide bonds. The number of carbonyl (C=O) groups excluding carboxylic acids is 1. The van der Waals surface area contributed by atoms with Crippen LogP contribution < -0.4 is 5.32 Å². The Balaban J connectivity index is 1.65. The largest absolute Gasteiger partial charge is 0.469 e. The number of furan rings is 1. The molecule has 3 heterocycles. The van der Waals surface area contributed by atoms with Crippen molar-refractivity contribution in [2.75, 3.05) is 5.32 Å². The van der Waals surface area contributed by atoms with Crippen LogP contribution in [-0.2, 0) is 4.79 Å². The highest BCUT2D eigenvalue weighted by molar-refractivity contribution is 6.00. The van der Waals surface area contributed by atoms with Crippen molar-refractivity contribution < 1.29 is 13.6 Å². The number of nitrogens with one attached hydrogen (secondary N) is 1. The molecule has 2 atom stereocenters. The van der Waals surface area contributed by atoms with Crippen molar-refractivity contribution in [1.82, 2.24) is 14.8 Å². The van der Waals surface area contributed by atoms with Gasteiger partial charge in [-0.15, -0.1) is 0 Å². The van der Waals surface area contributed by atoms with Crippen LogP contribution in [0, 0.1) is 5.82 Å². The first-order valence-electron chi connectivity index (χ1n) is 8.43. The molecule has 2 aliphatic rings. The molecule has 0 saturated carbocycles. The Kier molecular flexibility index (Phi) is 3.28. The third kappa shape index (κ3) is 2.20. The molecular weight excluding hydrogens is 335 g/mol. The van der Waals surface area contributed by atoms with E-state index in [2.05, 4.69) is 15.4 Å². The molecule has 6 nitrogen and oxygen atoms in total. The molecule has 0 saturated heterocycles. The summed E-state index contributed by atoms with van der Waals surface area (Å²) in [5, 5.41) is 7.43. The summed E-state index contributed by atoms with van der Waals surface area (Å²) in [6.45, 7) is 0. The van der Waals surface area contributed by atoms with E-state index in [0.717, 1.165) is 11.5 Å². The highest BCUT2D eigenvalue weighted by atomic mass is 19.1. The lowest BCUT2D eigenvalue weighted by molar-refractivity contribution is -0.117. The molecule has 0 bridgehead atoms. The van der Waals surface area contributed by atoms with Gasteiger partial charge in [-0.2, -0.15) is 10.1 Å². The minimum Gasteiger partial charge on any atom is -0.469 e. The number of nitrogens with zero attached hydrogens (tertiary/aromatic N) is 3. The summed E-state index contributed by atoms with van der Waals surface area (Å²) in [7, 11) is 0. The van der Waals surface area contributed by atoms with Gasteiger partial charge in [0, 0.05) is 29.2 Å². The number of halogens is 1. The van der Waals surface area contributed by atoms with Gasteiger partial charge in [0.15, 0.2) is 5.78 Å². The molecule has 2 aromatic heterocycles. The Morgan fingerprint density at radius 3 is 2.88 bits per heavy atom. The van der Waals surface area contributed by atoms with Crippen LogP contribution in [0.25, 0.3) is 0 Å². The number of ketones is 1. The molecular formula is C19H15FN4O2. The maximum absolute atomic E-state index is 14.5. The van der Waals surface area contributed by atoms with Crippen LogP contribution in [0.1, 0.15) is 36.1 Å². The number of carbonyl (C=O) groups is 1. The molecule has 0 unspecified atom stereocenters. The Hall–Kier alpha value is -3.22. The average molecular weight is 350 g/mol. The van der Waals surface area contributed by atoms with Crippen molar-refractivity contribution in [1.29, 1.82) is 0 Å². The summed E-state index contributed by atoms with van der Waals surface area (Å²) in [4.78, 5) is 17.3. The topological polar surface area (TPSA) is 73.0 Å². The quantitative estimate of drug-likeness (QED) is 0.767. The van der Waals surface area contributed by atoms with Crippen molar-refractivity contribution in [3.8, 4) is 0 Å². The van der Waals surface area contributed by atoms with Gasteiger partial charge < -0.3 is 9.73 Å². The lowest BCUT2D eigenvalue weighted by Gasteiger charge is -2.34. The van der Waals surface area contributed by atoms with Gasteiger partial charge in [0.1, 0.15) is 23.9 Å². The first-order chi connectivity index (χ1) is 12.7. The number of allylic oxidation sites excluding steroid dienone is 2. The molecule has 1 N–H and O–H groups in total. The van der Waals surface area contributed by atoms with E-state index >= 15 is 0 Å². The van der Waals surface area contributed by atoms with Crippen LogP contribution in [0.15, 0.2) is 64.7 Å². The van der Waals surface area contributed by atoms with E-state index in [0.29, 0.717) is 29.9 Å². The SMILES string of the molecule is O=C1C[C@H](c2ccco2)CC2=C1[C@H](c1ccccc1F)n1ncnc1N2. The zero-order valence-corrected chi connectivity index (χ0v) is 13.7. The first-order valence-corrected chi connectivity index (χ1v) is 8.43. The summed E-state index contributed by atoms with van der Waals surface area (Å²) in [6.07, 6.45) is 3.94. The maximum atomic E-state index is 14.5. The van der Waals surface area contributed by atoms with Gasteiger partial charge in [-0.25, -0.2) is 9.07 Å². The first kappa shape index (κ1) is 15.1. The number of hydrogen-bond acceptors (Lipinski definition) is 5. The van der Waals surface area contributed by atoms with Crippen LogP contribution in [0.3, 0.4) is 0 Å². The van der Waals surface area contributed by atoms with E-state index in [1.165, 1.54) is 12.4 Å². The number of rotatable bonds is 2. The Morgan fingerprint density at radius 1 is 1.19 bits per heavy atom. The number of benzene rings is 1. The van der Waals surface area contributed by atoms with Gasteiger partial charge in [-0.05, 0) is 24.6 Å². The number of aromatic nitrogens is 3. The summed E-state index contributed by atoms with van der Waals surface area (Å²) in [5.74, 6) is 0.841. The highest BCUT2D eigenvalue weighted by Gasteiger charge is 2.40. The van der Waals surface area contributed by atoms with E-state index in [1.54, 1.807) is 29.1 Å². The number of hydrogen-bond donors (Lipinski definition) is 1. The monoisotopic (exact) mass is 350 g/mol. The van der Waals surface area contributed by atoms with Crippen LogP contribution in [-0.4, -0.2) is 20.5 Å². The lowest BCUT2D eigenvalue weighted by Crippen LogP contribution is -2.33. The van der Waals surface area contributed by atoms with Crippen molar-refractivity contribution in [2.24, 2.45) is 0 Å². The minimum absolute atomic E-state index is 0.0328. The van der Waals surface area contributed by atoms with Crippen molar-refractivity contribution in [3.63, 3.8) is 0 Å². The Bertz CT molecular complexity index is 1020. The Morgan fingerprint density at radius 2 is 2.08 bits per heavy atom. The van der Waals surface area contributed by atoms with Crippen LogP contribution in [0.5, 0.6) is 0 Å². The van der Waals surface area contributed by atoms with E-state index in [1.807, 2.05) is 12.1 Å². The van der Waals surface area contributed by atoms with Crippen LogP contribution in [0.2, 0.25) is 0 Å². The fourth-order valence-electron chi connectivity index (χ4n) is 3.86. The number of fused-ring (bicyclic) bond motifs is 1. The van der Waals surface area contributed by atoms with Crippen LogP contribution in [0.4, 0.5) is 10.3 Å².